The molecule has 2 amide bonds. The standard InChI is InChI=1S/C25H27N3O4S/c1-17(2)14-32-22-10-6-18(12-23(22)31-3)7-11-24(29)28-16-33-15-21(28)25(30)27-20-8-4-19(13-26)5-9-20/h4-12,17,21H,14-16H2,1-3H3,(H,27,30)/b11-7+. The molecule has 172 valence electrons. The zero-order valence-electron chi connectivity index (χ0n) is 18.9. The lowest BCUT2D eigenvalue weighted by Gasteiger charge is -2.21. The molecule has 0 radical (unpaired) electrons. The van der Waals surface area contributed by atoms with E-state index < -0.39 is 6.04 Å². The second-order valence-electron chi connectivity index (χ2n) is 7.95. The fourth-order valence-electron chi connectivity index (χ4n) is 3.16. The summed E-state index contributed by atoms with van der Waals surface area (Å²) in [4.78, 5) is 27.1. The number of ether oxygens (including phenoxy) is 2. The lowest BCUT2D eigenvalue weighted by atomic mass is 10.1. The molecule has 1 saturated heterocycles. The lowest BCUT2D eigenvalue weighted by molar-refractivity contribution is -0.132. The summed E-state index contributed by atoms with van der Waals surface area (Å²) in [7, 11) is 1.58. The number of nitrogens with one attached hydrogen (secondary N) is 1. The number of carbonyl (C=O) groups excluding carboxylic acids is 2. The number of rotatable bonds is 8. The van der Waals surface area contributed by atoms with Crippen LogP contribution in [0.3, 0.4) is 0 Å². The zero-order valence-corrected chi connectivity index (χ0v) is 19.7. The minimum Gasteiger partial charge on any atom is -0.493 e. The SMILES string of the molecule is COc1cc(/C=C/C(=O)N2CSCC2C(=O)Nc2ccc(C#N)cc2)ccc1OCC(C)C. The molecule has 0 bridgehead atoms. The number of hydrogen-bond acceptors (Lipinski definition) is 6. The van der Waals surface area contributed by atoms with Gasteiger partial charge < -0.3 is 19.7 Å². The number of thioether (sulfide) groups is 1. The second-order valence-corrected chi connectivity index (χ2v) is 8.95. The smallest absolute Gasteiger partial charge is 0.248 e. The van der Waals surface area contributed by atoms with Crippen LogP contribution in [0.15, 0.2) is 48.5 Å². The molecule has 0 aliphatic carbocycles. The van der Waals surface area contributed by atoms with Crippen LogP contribution in [-0.2, 0) is 9.59 Å². The van der Waals surface area contributed by atoms with E-state index in [4.69, 9.17) is 14.7 Å². The maximum atomic E-state index is 12.8. The summed E-state index contributed by atoms with van der Waals surface area (Å²) < 4.78 is 11.2. The highest BCUT2D eigenvalue weighted by atomic mass is 32.2. The van der Waals surface area contributed by atoms with Gasteiger partial charge in [0.2, 0.25) is 11.8 Å². The van der Waals surface area contributed by atoms with Crippen molar-refractivity contribution in [2.75, 3.05) is 30.7 Å². The minimum absolute atomic E-state index is 0.237. The topological polar surface area (TPSA) is 91.7 Å². The van der Waals surface area contributed by atoms with Crippen molar-refractivity contribution in [2.45, 2.75) is 19.9 Å². The Bertz CT molecular complexity index is 1060. The van der Waals surface area contributed by atoms with Crippen molar-refractivity contribution >= 4 is 35.3 Å². The van der Waals surface area contributed by atoms with Crippen molar-refractivity contribution in [2.24, 2.45) is 5.92 Å². The number of methoxy groups -OCH3 is 1. The van der Waals surface area contributed by atoms with E-state index in [1.165, 1.54) is 17.8 Å². The number of nitriles is 1. The normalized spacial score (nSPS) is 15.5. The van der Waals surface area contributed by atoms with E-state index in [2.05, 4.69) is 19.2 Å². The molecule has 2 aromatic carbocycles. The number of nitrogens with zero attached hydrogens (tertiary/aromatic N) is 2. The molecular weight excluding hydrogens is 438 g/mol. The Hall–Kier alpha value is -3.44. The number of carbonyl (C=O) groups is 2. The van der Waals surface area contributed by atoms with Gasteiger partial charge in [0.1, 0.15) is 6.04 Å². The second kappa shape index (κ2) is 11.4. The van der Waals surface area contributed by atoms with Crippen LogP contribution in [0, 0.1) is 17.2 Å². The number of amides is 2. The predicted octanol–water partition coefficient (Wildman–Crippen LogP) is 4.16. The van der Waals surface area contributed by atoms with E-state index in [0.29, 0.717) is 46.9 Å². The van der Waals surface area contributed by atoms with Gasteiger partial charge in [-0.05, 0) is 54.0 Å². The Morgan fingerprint density at radius 1 is 1.24 bits per heavy atom. The van der Waals surface area contributed by atoms with Crippen molar-refractivity contribution in [3.05, 3.63) is 59.7 Å². The fourth-order valence-corrected chi connectivity index (χ4v) is 4.32. The van der Waals surface area contributed by atoms with Crippen LogP contribution in [0.25, 0.3) is 6.08 Å². The van der Waals surface area contributed by atoms with Crippen LogP contribution in [0.5, 0.6) is 11.5 Å². The van der Waals surface area contributed by atoms with E-state index in [1.807, 2.05) is 24.3 Å². The van der Waals surface area contributed by atoms with Crippen molar-refractivity contribution in [3.8, 4) is 17.6 Å². The molecule has 3 rings (SSSR count). The number of anilines is 1. The molecule has 0 saturated carbocycles. The molecule has 7 nitrogen and oxygen atoms in total. The van der Waals surface area contributed by atoms with E-state index in [-0.39, 0.29) is 11.8 Å². The van der Waals surface area contributed by atoms with Gasteiger partial charge in [-0.25, -0.2) is 0 Å². The third kappa shape index (κ3) is 6.53. The predicted molar refractivity (Wildman–Crippen MR) is 130 cm³/mol. The van der Waals surface area contributed by atoms with E-state index >= 15 is 0 Å². The summed E-state index contributed by atoms with van der Waals surface area (Å²) in [6, 6.07) is 13.6. The lowest BCUT2D eigenvalue weighted by Crippen LogP contribution is -2.43. The maximum absolute atomic E-state index is 12.8. The van der Waals surface area contributed by atoms with E-state index in [0.717, 1.165) is 5.56 Å². The summed E-state index contributed by atoms with van der Waals surface area (Å²) in [5.74, 6) is 2.13. The third-order valence-electron chi connectivity index (χ3n) is 4.93. The molecule has 1 unspecified atom stereocenters. The van der Waals surface area contributed by atoms with Gasteiger partial charge in [-0.2, -0.15) is 5.26 Å². The van der Waals surface area contributed by atoms with Gasteiger partial charge in [0.05, 0.1) is 31.2 Å². The average Bonchev–Trinajstić information content (AvgIpc) is 3.32. The third-order valence-corrected chi connectivity index (χ3v) is 5.94. The Labute approximate surface area is 198 Å². The van der Waals surface area contributed by atoms with Gasteiger partial charge in [-0.15, -0.1) is 11.8 Å². The highest BCUT2D eigenvalue weighted by molar-refractivity contribution is 7.99. The molecule has 1 N–H and O–H groups in total. The van der Waals surface area contributed by atoms with E-state index in [9.17, 15) is 9.59 Å². The Kier molecular flexibility index (Phi) is 8.39. The molecule has 0 aromatic heterocycles. The Morgan fingerprint density at radius 2 is 2.00 bits per heavy atom. The van der Waals surface area contributed by atoms with Gasteiger partial charge in [-0.1, -0.05) is 19.9 Å². The van der Waals surface area contributed by atoms with Crippen molar-refractivity contribution in [1.29, 1.82) is 5.26 Å². The quantitative estimate of drug-likeness (QED) is 0.589. The van der Waals surface area contributed by atoms with Crippen LogP contribution in [0.1, 0.15) is 25.0 Å². The molecule has 2 aromatic rings. The highest BCUT2D eigenvalue weighted by Gasteiger charge is 2.33. The van der Waals surface area contributed by atoms with Gasteiger partial charge in [0.25, 0.3) is 0 Å². The molecule has 8 heteroatoms. The first kappa shape index (κ1) is 24.2. The first-order chi connectivity index (χ1) is 15.9. The van der Waals surface area contributed by atoms with Gasteiger partial charge in [-0.3, -0.25) is 9.59 Å². The van der Waals surface area contributed by atoms with Gasteiger partial charge in [0.15, 0.2) is 11.5 Å². The molecule has 1 atom stereocenters. The molecule has 33 heavy (non-hydrogen) atoms. The van der Waals surface area contributed by atoms with Crippen LogP contribution in [0.4, 0.5) is 5.69 Å². The van der Waals surface area contributed by atoms with Gasteiger partial charge in [0, 0.05) is 17.5 Å². The molecule has 0 spiro atoms. The van der Waals surface area contributed by atoms with Gasteiger partial charge >= 0.3 is 0 Å². The molecule has 1 fully saturated rings. The highest BCUT2D eigenvalue weighted by Crippen LogP contribution is 2.29. The van der Waals surface area contributed by atoms with Crippen molar-refractivity contribution in [1.82, 2.24) is 4.90 Å². The van der Waals surface area contributed by atoms with Crippen molar-refractivity contribution < 1.29 is 19.1 Å². The average molecular weight is 466 g/mol. The van der Waals surface area contributed by atoms with E-state index in [1.54, 1.807) is 42.4 Å². The van der Waals surface area contributed by atoms with Crippen molar-refractivity contribution in [3.63, 3.8) is 0 Å². The summed E-state index contributed by atoms with van der Waals surface area (Å²) in [6.45, 7) is 4.73. The molecule has 1 aliphatic heterocycles. The molecule has 1 aliphatic rings. The van der Waals surface area contributed by atoms with Crippen LogP contribution < -0.4 is 14.8 Å². The number of benzene rings is 2. The fraction of sp³-hybridized carbons (Fsp3) is 0.320. The summed E-state index contributed by atoms with van der Waals surface area (Å²) in [5.41, 5.74) is 1.90. The van der Waals surface area contributed by atoms with Crippen LogP contribution in [0.2, 0.25) is 0 Å². The molecule has 1 heterocycles. The van der Waals surface area contributed by atoms with Crippen LogP contribution in [-0.4, -0.2) is 48.1 Å². The summed E-state index contributed by atoms with van der Waals surface area (Å²) >= 11 is 1.53. The first-order valence-corrected chi connectivity index (χ1v) is 11.7. The summed E-state index contributed by atoms with van der Waals surface area (Å²) in [5, 5.41) is 11.7. The minimum atomic E-state index is -0.566. The Balaban J connectivity index is 1.64. The molecular formula is C25H27N3O4S. The largest absolute Gasteiger partial charge is 0.493 e. The monoisotopic (exact) mass is 465 g/mol. The zero-order chi connectivity index (χ0) is 23.8. The number of hydrogen-bond donors (Lipinski definition) is 1. The summed E-state index contributed by atoms with van der Waals surface area (Å²) in [6.07, 6.45) is 3.17. The Morgan fingerprint density at radius 3 is 2.67 bits per heavy atom. The van der Waals surface area contributed by atoms with Crippen LogP contribution >= 0.6 is 11.8 Å². The maximum Gasteiger partial charge on any atom is 0.248 e. The first-order valence-electron chi connectivity index (χ1n) is 10.6.